The Kier molecular flexibility index (Phi) is 4.81. The normalized spacial score (nSPS) is 11.5. The van der Waals surface area contributed by atoms with E-state index in [9.17, 15) is 5.11 Å². The zero-order valence-corrected chi connectivity index (χ0v) is 10.6. The lowest BCUT2D eigenvalue weighted by atomic mass is 9.97. The van der Waals surface area contributed by atoms with E-state index in [1.807, 2.05) is 19.9 Å². The summed E-state index contributed by atoms with van der Waals surface area (Å²) in [6.07, 6.45) is 2.61. The first-order chi connectivity index (χ1) is 7.63. The van der Waals surface area contributed by atoms with E-state index in [1.165, 1.54) is 5.56 Å². The Morgan fingerprint density at radius 2 is 1.88 bits per heavy atom. The highest BCUT2D eigenvalue weighted by Gasteiger charge is 2.21. The summed E-state index contributed by atoms with van der Waals surface area (Å²) in [5, 5.41) is 13.5. The first-order valence-corrected chi connectivity index (χ1v) is 6.18. The van der Waals surface area contributed by atoms with E-state index in [4.69, 9.17) is 0 Å². The van der Waals surface area contributed by atoms with Crippen LogP contribution in [0.2, 0.25) is 0 Å². The molecule has 90 valence electrons. The number of rotatable bonds is 6. The van der Waals surface area contributed by atoms with Gasteiger partial charge in [-0.1, -0.05) is 32.9 Å². The van der Waals surface area contributed by atoms with Crippen LogP contribution in [0.1, 0.15) is 39.2 Å². The van der Waals surface area contributed by atoms with Gasteiger partial charge in [0.2, 0.25) is 0 Å². The quantitative estimate of drug-likeness (QED) is 0.773. The molecule has 0 aliphatic rings. The Hall–Kier alpha value is -1.02. The Morgan fingerprint density at radius 3 is 2.44 bits per heavy atom. The maximum atomic E-state index is 10.2. The molecule has 0 atom stereocenters. The molecule has 0 unspecified atom stereocenters. The van der Waals surface area contributed by atoms with Gasteiger partial charge in [-0.05, 0) is 37.0 Å². The van der Waals surface area contributed by atoms with E-state index in [0.29, 0.717) is 6.54 Å². The van der Waals surface area contributed by atoms with E-state index in [-0.39, 0.29) is 0 Å². The van der Waals surface area contributed by atoms with Crippen LogP contribution in [0.25, 0.3) is 0 Å². The van der Waals surface area contributed by atoms with Gasteiger partial charge in [-0.2, -0.15) is 0 Å². The van der Waals surface area contributed by atoms with Gasteiger partial charge in [-0.3, -0.25) is 0 Å². The van der Waals surface area contributed by atoms with Gasteiger partial charge in [0.25, 0.3) is 0 Å². The van der Waals surface area contributed by atoms with Crippen LogP contribution in [0, 0.1) is 0 Å². The van der Waals surface area contributed by atoms with E-state index < -0.39 is 5.60 Å². The van der Waals surface area contributed by atoms with E-state index >= 15 is 0 Å². The summed E-state index contributed by atoms with van der Waals surface area (Å²) in [4.78, 5) is 0. The molecule has 0 saturated heterocycles. The summed E-state index contributed by atoms with van der Waals surface area (Å²) in [6, 6.07) is 8.37. The van der Waals surface area contributed by atoms with Gasteiger partial charge < -0.3 is 10.4 Å². The summed E-state index contributed by atoms with van der Waals surface area (Å²) in [7, 11) is 0. The lowest BCUT2D eigenvalue weighted by Gasteiger charge is -2.26. The highest BCUT2D eigenvalue weighted by molar-refractivity contribution is 5.46. The SMILES string of the molecule is CCc1cccc(NCC(O)(CC)CC)c1. The predicted molar refractivity (Wildman–Crippen MR) is 69.8 cm³/mol. The molecule has 0 saturated carbocycles. The minimum Gasteiger partial charge on any atom is -0.388 e. The van der Waals surface area contributed by atoms with Gasteiger partial charge in [0.05, 0.1) is 5.60 Å². The smallest absolute Gasteiger partial charge is 0.0814 e. The summed E-state index contributed by atoms with van der Waals surface area (Å²) < 4.78 is 0. The third-order valence-electron chi connectivity index (χ3n) is 3.27. The third-order valence-corrected chi connectivity index (χ3v) is 3.27. The fourth-order valence-corrected chi connectivity index (χ4v) is 1.67. The number of aliphatic hydroxyl groups is 1. The molecule has 0 aromatic heterocycles. The molecule has 2 nitrogen and oxygen atoms in total. The van der Waals surface area contributed by atoms with Gasteiger partial charge in [0, 0.05) is 12.2 Å². The summed E-state index contributed by atoms with van der Waals surface area (Å²) >= 11 is 0. The van der Waals surface area contributed by atoms with E-state index in [1.54, 1.807) is 0 Å². The van der Waals surface area contributed by atoms with Crippen LogP contribution in [0.15, 0.2) is 24.3 Å². The molecule has 0 aliphatic carbocycles. The lowest BCUT2D eigenvalue weighted by Crippen LogP contribution is -2.35. The zero-order valence-electron chi connectivity index (χ0n) is 10.6. The number of anilines is 1. The fraction of sp³-hybridized carbons (Fsp3) is 0.571. The first kappa shape index (κ1) is 13.0. The van der Waals surface area contributed by atoms with Crippen molar-refractivity contribution in [2.75, 3.05) is 11.9 Å². The molecule has 0 radical (unpaired) electrons. The van der Waals surface area contributed by atoms with Crippen molar-refractivity contribution in [1.82, 2.24) is 0 Å². The van der Waals surface area contributed by atoms with Crippen LogP contribution in [-0.4, -0.2) is 17.3 Å². The maximum Gasteiger partial charge on any atom is 0.0814 e. The predicted octanol–water partition coefficient (Wildman–Crippen LogP) is 3.21. The molecular weight excluding hydrogens is 198 g/mol. The van der Waals surface area contributed by atoms with Gasteiger partial charge in [0.15, 0.2) is 0 Å². The van der Waals surface area contributed by atoms with Crippen LogP contribution in [-0.2, 0) is 6.42 Å². The van der Waals surface area contributed by atoms with Crippen LogP contribution < -0.4 is 5.32 Å². The van der Waals surface area contributed by atoms with Gasteiger partial charge in [-0.15, -0.1) is 0 Å². The summed E-state index contributed by atoms with van der Waals surface area (Å²) in [5.74, 6) is 0. The Balaban J connectivity index is 2.60. The molecule has 0 aliphatic heterocycles. The topological polar surface area (TPSA) is 32.3 Å². The second-order valence-electron chi connectivity index (χ2n) is 4.34. The van der Waals surface area contributed by atoms with Crippen LogP contribution in [0.4, 0.5) is 5.69 Å². The van der Waals surface area contributed by atoms with Crippen molar-refractivity contribution in [1.29, 1.82) is 0 Å². The van der Waals surface area contributed by atoms with Crippen molar-refractivity contribution in [3.8, 4) is 0 Å². The van der Waals surface area contributed by atoms with Crippen molar-refractivity contribution < 1.29 is 5.11 Å². The molecular formula is C14H23NO. The van der Waals surface area contributed by atoms with Gasteiger partial charge in [-0.25, -0.2) is 0 Å². The number of hydrogen-bond donors (Lipinski definition) is 2. The maximum absolute atomic E-state index is 10.2. The second kappa shape index (κ2) is 5.90. The molecule has 1 aromatic rings. The van der Waals surface area contributed by atoms with E-state index in [2.05, 4.69) is 30.4 Å². The fourth-order valence-electron chi connectivity index (χ4n) is 1.67. The van der Waals surface area contributed by atoms with Crippen molar-refractivity contribution in [3.05, 3.63) is 29.8 Å². The summed E-state index contributed by atoms with van der Waals surface area (Å²) in [5.41, 5.74) is 1.84. The molecule has 2 N–H and O–H groups in total. The van der Waals surface area contributed by atoms with Crippen molar-refractivity contribution in [2.24, 2.45) is 0 Å². The van der Waals surface area contributed by atoms with Crippen molar-refractivity contribution in [3.63, 3.8) is 0 Å². The number of hydrogen-bond acceptors (Lipinski definition) is 2. The minimum atomic E-state index is -0.581. The first-order valence-electron chi connectivity index (χ1n) is 6.18. The number of aryl methyl sites for hydroxylation is 1. The lowest BCUT2D eigenvalue weighted by molar-refractivity contribution is 0.0457. The molecule has 0 bridgehead atoms. The molecule has 0 fully saturated rings. The highest BCUT2D eigenvalue weighted by atomic mass is 16.3. The van der Waals surface area contributed by atoms with Crippen molar-refractivity contribution in [2.45, 2.75) is 45.6 Å². The molecule has 0 amide bonds. The molecule has 16 heavy (non-hydrogen) atoms. The monoisotopic (exact) mass is 221 g/mol. The van der Waals surface area contributed by atoms with E-state index in [0.717, 1.165) is 24.9 Å². The average Bonchev–Trinajstić information content (AvgIpc) is 2.36. The molecule has 2 heteroatoms. The van der Waals surface area contributed by atoms with Gasteiger partial charge >= 0.3 is 0 Å². The molecule has 0 heterocycles. The van der Waals surface area contributed by atoms with Crippen LogP contribution in [0.3, 0.4) is 0 Å². The van der Waals surface area contributed by atoms with Crippen LogP contribution in [0.5, 0.6) is 0 Å². The number of benzene rings is 1. The summed E-state index contributed by atoms with van der Waals surface area (Å²) in [6.45, 7) is 6.81. The standard InChI is InChI=1S/C14H23NO/c1-4-12-8-7-9-13(10-12)15-11-14(16,5-2)6-3/h7-10,15-16H,4-6,11H2,1-3H3. The Bertz CT molecular complexity index is 318. The van der Waals surface area contributed by atoms with Gasteiger partial charge in [0.1, 0.15) is 0 Å². The van der Waals surface area contributed by atoms with Crippen molar-refractivity contribution >= 4 is 5.69 Å². The minimum absolute atomic E-state index is 0.581. The number of nitrogens with one attached hydrogen (secondary N) is 1. The molecule has 0 spiro atoms. The van der Waals surface area contributed by atoms with Crippen LogP contribution >= 0.6 is 0 Å². The molecule has 1 rings (SSSR count). The third kappa shape index (κ3) is 3.53. The Labute approximate surface area is 98.7 Å². The largest absolute Gasteiger partial charge is 0.388 e. The highest BCUT2D eigenvalue weighted by Crippen LogP contribution is 2.17. The average molecular weight is 221 g/mol. The second-order valence-corrected chi connectivity index (χ2v) is 4.34. The zero-order chi connectivity index (χ0) is 12.0. The Morgan fingerprint density at radius 1 is 1.19 bits per heavy atom. The molecule has 1 aromatic carbocycles.